The minimum atomic E-state index is -0.0687. The van der Waals surface area contributed by atoms with Crippen molar-refractivity contribution in [2.45, 2.75) is 12.8 Å². The van der Waals surface area contributed by atoms with Gasteiger partial charge in [-0.05, 0) is 17.9 Å². The van der Waals surface area contributed by atoms with E-state index < -0.39 is 0 Å². The van der Waals surface area contributed by atoms with Crippen molar-refractivity contribution in [1.82, 2.24) is 15.2 Å². The first-order valence-electron chi connectivity index (χ1n) is 7.96. The number of carbonyl (C=O) groups is 2. The second-order valence-corrected chi connectivity index (χ2v) is 7.21. The maximum absolute atomic E-state index is 12.2. The minimum Gasteiger partial charge on any atom is -0.352 e. The Labute approximate surface area is 149 Å². The van der Waals surface area contributed by atoms with E-state index in [1.165, 1.54) is 11.3 Å². The second-order valence-electron chi connectivity index (χ2n) is 5.55. The Bertz CT molecular complexity index is 650. The molecule has 0 aliphatic carbocycles. The van der Waals surface area contributed by atoms with Gasteiger partial charge in [0, 0.05) is 61.7 Å². The zero-order valence-corrected chi connectivity index (χ0v) is 14.9. The maximum atomic E-state index is 12.2. The van der Waals surface area contributed by atoms with Crippen molar-refractivity contribution in [2.75, 3.05) is 37.6 Å². The molecule has 0 spiro atoms. The Hall–Kier alpha value is -1.93. The number of nitrogens with one attached hydrogen (secondary N) is 1. The van der Waals surface area contributed by atoms with Crippen molar-refractivity contribution < 1.29 is 9.59 Å². The van der Waals surface area contributed by atoms with Gasteiger partial charge in [0.2, 0.25) is 5.91 Å². The highest BCUT2D eigenvalue weighted by Gasteiger charge is 2.21. The molecule has 2 amide bonds. The number of nitrogens with zero attached hydrogens (tertiary/aromatic N) is 3. The quantitative estimate of drug-likeness (QED) is 0.797. The van der Waals surface area contributed by atoms with Crippen LogP contribution < -0.4 is 10.2 Å². The van der Waals surface area contributed by atoms with Crippen LogP contribution in [-0.2, 0) is 4.79 Å². The van der Waals surface area contributed by atoms with Gasteiger partial charge in [-0.2, -0.15) is 11.3 Å². The molecule has 1 aliphatic heterocycles. The van der Waals surface area contributed by atoms with E-state index in [0.29, 0.717) is 24.9 Å². The predicted octanol–water partition coefficient (Wildman–Crippen LogP) is 2.06. The summed E-state index contributed by atoms with van der Waals surface area (Å²) in [6.45, 7) is 3.65. The molecule has 1 N–H and O–H groups in total. The van der Waals surface area contributed by atoms with Crippen molar-refractivity contribution in [3.8, 4) is 0 Å². The monoisotopic (exact) mass is 364 g/mol. The Balaban J connectivity index is 1.33. The molecule has 0 radical (unpaired) electrons. The largest absolute Gasteiger partial charge is 0.352 e. The van der Waals surface area contributed by atoms with Gasteiger partial charge in [0.1, 0.15) is 0 Å². The van der Waals surface area contributed by atoms with Crippen LogP contribution in [0.5, 0.6) is 0 Å². The minimum absolute atomic E-state index is 0.0687. The third-order valence-electron chi connectivity index (χ3n) is 3.96. The number of anilines is 1. The molecule has 0 bridgehead atoms. The topological polar surface area (TPSA) is 65.5 Å². The molecule has 128 valence electrons. The van der Waals surface area contributed by atoms with Crippen molar-refractivity contribution in [2.24, 2.45) is 0 Å². The van der Waals surface area contributed by atoms with Crippen LogP contribution in [0.1, 0.15) is 23.2 Å². The fraction of sp³-hybridized carbons (Fsp3) is 0.438. The summed E-state index contributed by atoms with van der Waals surface area (Å²) in [4.78, 5) is 32.5. The van der Waals surface area contributed by atoms with E-state index in [2.05, 4.69) is 15.2 Å². The first kappa shape index (κ1) is 16.9. The van der Waals surface area contributed by atoms with Gasteiger partial charge in [0.25, 0.3) is 5.91 Å². The molecule has 0 unspecified atom stereocenters. The molecular formula is C16H20N4O2S2. The highest BCUT2D eigenvalue weighted by atomic mass is 32.1. The average molecular weight is 364 g/mol. The van der Waals surface area contributed by atoms with Crippen molar-refractivity contribution in [3.63, 3.8) is 0 Å². The van der Waals surface area contributed by atoms with E-state index in [1.54, 1.807) is 17.4 Å². The van der Waals surface area contributed by atoms with Crippen molar-refractivity contribution >= 4 is 39.6 Å². The summed E-state index contributed by atoms with van der Waals surface area (Å²) < 4.78 is 0. The third kappa shape index (κ3) is 4.33. The van der Waals surface area contributed by atoms with Gasteiger partial charge < -0.3 is 15.1 Å². The van der Waals surface area contributed by atoms with Gasteiger partial charge in [0.05, 0.1) is 0 Å². The van der Waals surface area contributed by atoms with E-state index in [-0.39, 0.29) is 11.8 Å². The summed E-state index contributed by atoms with van der Waals surface area (Å²) in [6.07, 6.45) is 2.95. The molecule has 24 heavy (non-hydrogen) atoms. The lowest BCUT2D eigenvalue weighted by Gasteiger charge is -2.34. The molecule has 0 atom stereocenters. The summed E-state index contributed by atoms with van der Waals surface area (Å²) in [6, 6.07) is 1.80. The van der Waals surface area contributed by atoms with E-state index in [0.717, 1.165) is 31.3 Å². The number of hydrogen-bond acceptors (Lipinski definition) is 6. The number of thiophene rings is 1. The molecular weight excluding hydrogens is 344 g/mol. The van der Waals surface area contributed by atoms with Gasteiger partial charge in [-0.1, -0.05) is 0 Å². The van der Waals surface area contributed by atoms with Gasteiger partial charge in [-0.25, -0.2) is 4.98 Å². The van der Waals surface area contributed by atoms with Crippen LogP contribution in [0.3, 0.4) is 0 Å². The lowest BCUT2D eigenvalue weighted by atomic mass is 10.2. The maximum Gasteiger partial charge on any atom is 0.252 e. The summed E-state index contributed by atoms with van der Waals surface area (Å²) >= 11 is 3.13. The molecule has 1 fully saturated rings. The fourth-order valence-corrected chi connectivity index (χ4v) is 3.95. The lowest BCUT2D eigenvalue weighted by molar-refractivity contribution is -0.131. The molecule has 8 heteroatoms. The Morgan fingerprint density at radius 2 is 2.04 bits per heavy atom. The first-order chi connectivity index (χ1) is 11.7. The number of hydrogen-bond donors (Lipinski definition) is 1. The SMILES string of the molecule is O=C(NCCCC(=O)N1CCN(c2nccs2)CC1)c1ccsc1. The molecule has 3 rings (SSSR count). The normalized spacial score (nSPS) is 14.7. The Morgan fingerprint density at radius 3 is 2.71 bits per heavy atom. The van der Waals surface area contributed by atoms with Crippen molar-refractivity contribution in [3.05, 3.63) is 34.0 Å². The number of rotatable bonds is 6. The van der Waals surface area contributed by atoms with Crippen LogP contribution in [-0.4, -0.2) is 54.4 Å². The van der Waals surface area contributed by atoms with Gasteiger partial charge in [-0.3, -0.25) is 9.59 Å². The first-order valence-corrected chi connectivity index (χ1v) is 9.79. The van der Waals surface area contributed by atoms with E-state index in [4.69, 9.17) is 0 Å². The number of amides is 2. The summed E-state index contributed by atoms with van der Waals surface area (Å²) in [5.41, 5.74) is 0.685. The highest BCUT2D eigenvalue weighted by Crippen LogP contribution is 2.19. The van der Waals surface area contributed by atoms with Crippen molar-refractivity contribution in [1.29, 1.82) is 0 Å². The van der Waals surface area contributed by atoms with Crippen LogP contribution in [0.4, 0.5) is 5.13 Å². The van der Waals surface area contributed by atoms with Gasteiger partial charge >= 0.3 is 0 Å². The lowest BCUT2D eigenvalue weighted by Crippen LogP contribution is -2.48. The van der Waals surface area contributed by atoms with E-state index >= 15 is 0 Å². The smallest absolute Gasteiger partial charge is 0.252 e. The molecule has 3 heterocycles. The van der Waals surface area contributed by atoms with E-state index in [1.807, 2.05) is 27.2 Å². The highest BCUT2D eigenvalue weighted by molar-refractivity contribution is 7.13. The summed E-state index contributed by atoms with van der Waals surface area (Å²) in [7, 11) is 0. The molecule has 0 aromatic carbocycles. The average Bonchev–Trinajstić information content (AvgIpc) is 3.32. The predicted molar refractivity (Wildman–Crippen MR) is 96.8 cm³/mol. The Kier molecular flexibility index (Phi) is 5.81. The molecule has 0 saturated carbocycles. The fourth-order valence-electron chi connectivity index (χ4n) is 2.61. The van der Waals surface area contributed by atoms with Crippen LogP contribution in [0.25, 0.3) is 0 Å². The molecule has 6 nitrogen and oxygen atoms in total. The second kappa shape index (κ2) is 8.25. The molecule has 2 aromatic rings. The van der Waals surface area contributed by atoms with Gasteiger partial charge in [0.15, 0.2) is 5.13 Å². The molecule has 2 aromatic heterocycles. The van der Waals surface area contributed by atoms with Gasteiger partial charge in [-0.15, -0.1) is 11.3 Å². The number of aromatic nitrogens is 1. The zero-order valence-electron chi connectivity index (χ0n) is 13.3. The van der Waals surface area contributed by atoms with E-state index in [9.17, 15) is 9.59 Å². The molecule has 1 aliphatic rings. The Morgan fingerprint density at radius 1 is 1.21 bits per heavy atom. The van der Waals surface area contributed by atoms with Crippen LogP contribution in [0, 0.1) is 0 Å². The molecule has 1 saturated heterocycles. The summed E-state index contributed by atoms with van der Waals surface area (Å²) in [5, 5.41) is 9.55. The standard InChI is InChI=1S/C16H20N4O2S2/c21-14(2-1-4-17-15(22)13-3-10-23-12-13)19-6-8-20(9-7-19)16-18-5-11-24-16/h3,5,10-12H,1-2,4,6-9H2,(H,17,22). The van der Waals surface area contributed by atoms with Crippen LogP contribution in [0.15, 0.2) is 28.4 Å². The third-order valence-corrected chi connectivity index (χ3v) is 5.47. The van der Waals surface area contributed by atoms with Crippen LogP contribution in [0.2, 0.25) is 0 Å². The number of thiazole rings is 1. The summed E-state index contributed by atoms with van der Waals surface area (Å²) in [5.74, 6) is 0.0966. The number of piperazine rings is 1. The number of carbonyl (C=O) groups excluding carboxylic acids is 2. The van der Waals surface area contributed by atoms with Crippen LogP contribution >= 0.6 is 22.7 Å². The zero-order chi connectivity index (χ0) is 16.8.